The van der Waals surface area contributed by atoms with Gasteiger partial charge in [0.25, 0.3) is 0 Å². The second-order valence-corrected chi connectivity index (χ2v) is 5.52. The summed E-state index contributed by atoms with van der Waals surface area (Å²) in [5.41, 5.74) is 4.91. The van der Waals surface area contributed by atoms with E-state index in [-0.39, 0.29) is 17.0 Å². The summed E-state index contributed by atoms with van der Waals surface area (Å²) < 4.78 is 5.62. The summed E-state index contributed by atoms with van der Waals surface area (Å²) in [4.78, 5) is 12.3. The minimum Gasteiger partial charge on any atom is -0.392 e. The Morgan fingerprint density at radius 1 is 1.56 bits per heavy atom. The second-order valence-electron chi connectivity index (χ2n) is 5.08. The van der Waals surface area contributed by atoms with Gasteiger partial charge in [-0.1, -0.05) is 19.1 Å². The standard InChI is InChI=1S/C13H24N2O2S/c1-3-13(2,11(14)18)12(16)15-8-7-10-6-4-5-9-17-10/h10H,3-9H2,1-2H3,(H2,14,18)(H,15,16). The highest BCUT2D eigenvalue weighted by Gasteiger charge is 2.34. The molecule has 1 rings (SSSR count). The molecule has 0 aromatic carbocycles. The van der Waals surface area contributed by atoms with E-state index in [4.69, 9.17) is 22.7 Å². The van der Waals surface area contributed by atoms with Crippen LogP contribution in [0.25, 0.3) is 0 Å². The number of amides is 1. The number of carbonyl (C=O) groups is 1. The van der Waals surface area contributed by atoms with Crippen LogP contribution < -0.4 is 11.1 Å². The minimum atomic E-state index is -0.733. The van der Waals surface area contributed by atoms with Crippen molar-refractivity contribution in [1.29, 1.82) is 0 Å². The summed E-state index contributed by atoms with van der Waals surface area (Å²) >= 11 is 4.97. The summed E-state index contributed by atoms with van der Waals surface area (Å²) in [6, 6.07) is 0. The first-order chi connectivity index (χ1) is 8.50. The zero-order chi connectivity index (χ0) is 13.6. The van der Waals surface area contributed by atoms with E-state index in [2.05, 4.69) is 5.32 Å². The smallest absolute Gasteiger partial charge is 0.232 e. The number of hydrogen-bond donors (Lipinski definition) is 2. The van der Waals surface area contributed by atoms with E-state index in [1.807, 2.05) is 6.92 Å². The zero-order valence-electron chi connectivity index (χ0n) is 11.3. The Bertz CT molecular complexity index is 303. The van der Waals surface area contributed by atoms with Crippen molar-refractivity contribution >= 4 is 23.1 Å². The molecule has 2 unspecified atom stereocenters. The third-order valence-corrected chi connectivity index (χ3v) is 4.23. The summed E-state index contributed by atoms with van der Waals surface area (Å²) in [6.07, 6.45) is 5.24. The van der Waals surface area contributed by atoms with Crippen molar-refractivity contribution in [2.75, 3.05) is 13.2 Å². The Balaban J connectivity index is 2.33. The van der Waals surface area contributed by atoms with Gasteiger partial charge in [0.2, 0.25) is 5.91 Å². The van der Waals surface area contributed by atoms with Crippen LogP contribution in [0, 0.1) is 5.41 Å². The molecule has 1 amide bonds. The molecule has 4 nitrogen and oxygen atoms in total. The second kappa shape index (κ2) is 7.04. The number of nitrogens with two attached hydrogens (primary N) is 1. The van der Waals surface area contributed by atoms with Gasteiger partial charge in [0.1, 0.15) is 0 Å². The first-order valence-electron chi connectivity index (χ1n) is 6.70. The van der Waals surface area contributed by atoms with Crippen LogP contribution in [0.5, 0.6) is 0 Å². The van der Waals surface area contributed by atoms with Crippen LogP contribution in [-0.2, 0) is 9.53 Å². The summed E-state index contributed by atoms with van der Waals surface area (Å²) in [5, 5.41) is 2.92. The molecule has 0 bridgehead atoms. The average Bonchev–Trinajstić information content (AvgIpc) is 2.38. The van der Waals surface area contributed by atoms with E-state index < -0.39 is 5.41 Å². The maximum Gasteiger partial charge on any atom is 0.232 e. The molecule has 5 heteroatoms. The van der Waals surface area contributed by atoms with Crippen LogP contribution >= 0.6 is 12.2 Å². The van der Waals surface area contributed by atoms with Crippen molar-refractivity contribution in [3.05, 3.63) is 0 Å². The van der Waals surface area contributed by atoms with Gasteiger partial charge in [-0.2, -0.15) is 0 Å². The molecule has 1 aliphatic rings. The highest BCUT2D eigenvalue weighted by Crippen LogP contribution is 2.22. The monoisotopic (exact) mass is 272 g/mol. The summed E-state index contributed by atoms with van der Waals surface area (Å²) in [5.74, 6) is -0.0756. The predicted octanol–water partition coefficient (Wildman–Crippen LogP) is 1.76. The molecule has 3 N–H and O–H groups in total. The molecule has 1 saturated heterocycles. The van der Waals surface area contributed by atoms with E-state index >= 15 is 0 Å². The van der Waals surface area contributed by atoms with Gasteiger partial charge in [-0.3, -0.25) is 4.79 Å². The van der Waals surface area contributed by atoms with Crippen molar-refractivity contribution in [2.24, 2.45) is 11.1 Å². The lowest BCUT2D eigenvalue weighted by molar-refractivity contribution is -0.127. The molecular weight excluding hydrogens is 248 g/mol. The fourth-order valence-electron chi connectivity index (χ4n) is 2.02. The zero-order valence-corrected chi connectivity index (χ0v) is 12.1. The molecule has 1 fully saturated rings. The molecule has 0 radical (unpaired) electrons. The van der Waals surface area contributed by atoms with Crippen LogP contribution in [0.3, 0.4) is 0 Å². The van der Waals surface area contributed by atoms with Crippen LogP contribution in [0.4, 0.5) is 0 Å². The Labute approximate surface area is 115 Å². The van der Waals surface area contributed by atoms with Gasteiger partial charge in [0.05, 0.1) is 16.5 Å². The molecule has 104 valence electrons. The van der Waals surface area contributed by atoms with E-state index in [0.29, 0.717) is 13.0 Å². The van der Waals surface area contributed by atoms with Crippen LogP contribution in [0.15, 0.2) is 0 Å². The number of hydrogen-bond acceptors (Lipinski definition) is 3. The van der Waals surface area contributed by atoms with Gasteiger partial charge < -0.3 is 15.8 Å². The number of carbonyl (C=O) groups excluding carboxylic acids is 1. The van der Waals surface area contributed by atoms with Crippen molar-refractivity contribution in [2.45, 2.75) is 52.1 Å². The first-order valence-corrected chi connectivity index (χ1v) is 7.11. The van der Waals surface area contributed by atoms with E-state index in [1.54, 1.807) is 6.92 Å². The highest BCUT2D eigenvalue weighted by atomic mass is 32.1. The van der Waals surface area contributed by atoms with Gasteiger partial charge in [0, 0.05) is 13.2 Å². The van der Waals surface area contributed by atoms with Gasteiger partial charge in [-0.25, -0.2) is 0 Å². The lowest BCUT2D eigenvalue weighted by Crippen LogP contribution is -2.47. The molecule has 18 heavy (non-hydrogen) atoms. The normalized spacial score (nSPS) is 23.1. The fraction of sp³-hybridized carbons (Fsp3) is 0.846. The molecule has 0 aromatic heterocycles. The highest BCUT2D eigenvalue weighted by molar-refractivity contribution is 7.80. The lowest BCUT2D eigenvalue weighted by atomic mass is 9.86. The van der Waals surface area contributed by atoms with Gasteiger partial charge in [0.15, 0.2) is 0 Å². The third-order valence-electron chi connectivity index (χ3n) is 3.78. The molecule has 0 aromatic rings. The molecule has 0 saturated carbocycles. The van der Waals surface area contributed by atoms with E-state index in [9.17, 15) is 4.79 Å². The molecule has 1 heterocycles. The maximum absolute atomic E-state index is 12.1. The minimum absolute atomic E-state index is 0.0756. The first kappa shape index (κ1) is 15.4. The van der Waals surface area contributed by atoms with Gasteiger partial charge in [-0.15, -0.1) is 0 Å². The van der Waals surface area contributed by atoms with Crippen molar-refractivity contribution in [3.63, 3.8) is 0 Å². The van der Waals surface area contributed by atoms with Gasteiger partial charge >= 0.3 is 0 Å². The van der Waals surface area contributed by atoms with E-state index in [0.717, 1.165) is 25.9 Å². The molecule has 0 spiro atoms. The Kier molecular flexibility index (Phi) is 6.02. The quantitative estimate of drug-likeness (QED) is 0.723. The van der Waals surface area contributed by atoms with Crippen molar-refractivity contribution < 1.29 is 9.53 Å². The largest absolute Gasteiger partial charge is 0.392 e. The molecule has 0 aliphatic carbocycles. The SMILES string of the molecule is CCC(C)(C(=O)NCCC1CCCCO1)C(N)=S. The predicted molar refractivity (Wildman–Crippen MR) is 76.4 cm³/mol. The van der Waals surface area contributed by atoms with Crippen LogP contribution in [0.1, 0.15) is 46.0 Å². The lowest BCUT2D eigenvalue weighted by Gasteiger charge is -2.27. The number of ether oxygens (including phenoxy) is 1. The summed E-state index contributed by atoms with van der Waals surface area (Å²) in [7, 11) is 0. The topological polar surface area (TPSA) is 64.3 Å². The fourth-order valence-corrected chi connectivity index (χ4v) is 2.26. The van der Waals surface area contributed by atoms with E-state index in [1.165, 1.54) is 6.42 Å². The average molecular weight is 272 g/mol. The number of nitrogens with one attached hydrogen (secondary N) is 1. The third kappa shape index (κ3) is 3.92. The number of thiocarbonyl (C=S) groups is 1. The van der Waals surface area contributed by atoms with Gasteiger partial charge in [-0.05, 0) is 39.0 Å². The summed E-state index contributed by atoms with van der Waals surface area (Å²) in [6.45, 7) is 5.19. The Hall–Kier alpha value is -0.680. The van der Waals surface area contributed by atoms with Crippen LogP contribution in [0.2, 0.25) is 0 Å². The maximum atomic E-state index is 12.1. The van der Waals surface area contributed by atoms with Crippen molar-refractivity contribution in [1.82, 2.24) is 5.32 Å². The Morgan fingerprint density at radius 3 is 2.78 bits per heavy atom. The molecular formula is C13H24N2O2S. The Morgan fingerprint density at radius 2 is 2.28 bits per heavy atom. The molecule has 2 atom stereocenters. The van der Waals surface area contributed by atoms with Crippen LogP contribution in [-0.4, -0.2) is 30.2 Å². The number of rotatable bonds is 6. The van der Waals surface area contributed by atoms with Crippen molar-refractivity contribution in [3.8, 4) is 0 Å². The molecule has 1 aliphatic heterocycles.